The summed E-state index contributed by atoms with van der Waals surface area (Å²) in [5, 5.41) is 0.684. The van der Waals surface area contributed by atoms with Gasteiger partial charge < -0.3 is 14.4 Å². The van der Waals surface area contributed by atoms with Crippen molar-refractivity contribution in [3.63, 3.8) is 0 Å². The Labute approximate surface area is 150 Å². The molecule has 0 aliphatic carbocycles. The molecule has 0 N–H and O–H groups in total. The Bertz CT molecular complexity index is 827. The van der Waals surface area contributed by atoms with E-state index in [0.29, 0.717) is 51.0 Å². The number of likely N-dealkylation sites (tertiary alicyclic amines) is 1. The number of carbonyl (C=O) groups excluding carboxylic acids is 1. The van der Waals surface area contributed by atoms with E-state index in [-0.39, 0.29) is 11.5 Å². The van der Waals surface area contributed by atoms with Crippen LogP contribution in [-0.2, 0) is 14.3 Å². The predicted octanol–water partition coefficient (Wildman–Crippen LogP) is 2.38. The summed E-state index contributed by atoms with van der Waals surface area (Å²) in [7, 11) is 0. The zero-order valence-corrected chi connectivity index (χ0v) is 15.1. The van der Waals surface area contributed by atoms with Gasteiger partial charge in [0.1, 0.15) is 6.04 Å². The minimum atomic E-state index is -0.493. The van der Waals surface area contributed by atoms with Gasteiger partial charge in [-0.2, -0.15) is 0 Å². The van der Waals surface area contributed by atoms with Crippen LogP contribution in [0.15, 0.2) is 29.1 Å². The minimum absolute atomic E-state index is 0.0176. The molecule has 2 fully saturated rings. The summed E-state index contributed by atoms with van der Waals surface area (Å²) in [6.45, 7) is 4.42. The average Bonchev–Trinajstić information content (AvgIpc) is 3.22. The van der Waals surface area contributed by atoms with E-state index in [0.717, 1.165) is 4.70 Å². The molecule has 1 unspecified atom stereocenters. The Hall–Kier alpha value is -1.70. The molecule has 6 nitrogen and oxygen atoms in total. The Balaban J connectivity index is 1.55. The van der Waals surface area contributed by atoms with Crippen LogP contribution in [0.3, 0.4) is 0 Å². The van der Waals surface area contributed by atoms with Crippen molar-refractivity contribution in [2.75, 3.05) is 26.3 Å². The van der Waals surface area contributed by atoms with Gasteiger partial charge in [-0.05, 0) is 18.6 Å². The summed E-state index contributed by atoms with van der Waals surface area (Å²) >= 11 is 1.37. The van der Waals surface area contributed by atoms with Crippen molar-refractivity contribution in [2.45, 2.75) is 38.0 Å². The first-order chi connectivity index (χ1) is 12.1. The molecule has 7 heteroatoms. The summed E-state index contributed by atoms with van der Waals surface area (Å²) in [4.78, 5) is 27.6. The molecular formula is C18H22N2O4S. The van der Waals surface area contributed by atoms with Gasteiger partial charge in [0.05, 0.1) is 23.3 Å². The normalized spacial score (nSPS) is 21.1. The Kier molecular flexibility index (Phi) is 4.39. The fourth-order valence-corrected chi connectivity index (χ4v) is 4.85. The Morgan fingerprint density at radius 3 is 2.56 bits per heavy atom. The van der Waals surface area contributed by atoms with Crippen LogP contribution in [0.5, 0.6) is 0 Å². The van der Waals surface area contributed by atoms with Gasteiger partial charge in [-0.1, -0.05) is 30.6 Å². The van der Waals surface area contributed by atoms with Crippen molar-refractivity contribution >= 4 is 27.5 Å². The Morgan fingerprint density at radius 2 is 1.92 bits per heavy atom. The minimum Gasteiger partial charge on any atom is -0.347 e. The number of aromatic nitrogens is 1. The van der Waals surface area contributed by atoms with Crippen molar-refractivity contribution in [2.24, 2.45) is 0 Å². The predicted molar refractivity (Wildman–Crippen MR) is 95.9 cm³/mol. The van der Waals surface area contributed by atoms with Gasteiger partial charge in [0.25, 0.3) is 5.56 Å². The van der Waals surface area contributed by atoms with Crippen molar-refractivity contribution in [3.05, 3.63) is 34.6 Å². The van der Waals surface area contributed by atoms with Crippen molar-refractivity contribution in [1.82, 2.24) is 8.86 Å². The van der Waals surface area contributed by atoms with Gasteiger partial charge in [-0.15, -0.1) is 0 Å². The van der Waals surface area contributed by atoms with Gasteiger partial charge in [0.2, 0.25) is 5.91 Å². The van der Waals surface area contributed by atoms with E-state index in [4.69, 9.17) is 9.47 Å². The number of hydrogen-bond donors (Lipinski definition) is 0. The van der Waals surface area contributed by atoms with Crippen LogP contribution >= 0.6 is 11.5 Å². The molecule has 1 aromatic heterocycles. The highest BCUT2D eigenvalue weighted by Gasteiger charge is 2.41. The monoisotopic (exact) mass is 362 g/mol. The summed E-state index contributed by atoms with van der Waals surface area (Å²) in [5.41, 5.74) is -0.0725. The topological polar surface area (TPSA) is 60.8 Å². The lowest BCUT2D eigenvalue weighted by Crippen LogP contribution is -2.49. The van der Waals surface area contributed by atoms with E-state index in [1.807, 2.05) is 36.1 Å². The first kappa shape index (κ1) is 16.8. The lowest BCUT2D eigenvalue weighted by molar-refractivity contribution is -0.188. The molecule has 0 radical (unpaired) electrons. The number of benzene rings is 1. The lowest BCUT2D eigenvalue weighted by Gasteiger charge is -2.38. The Morgan fingerprint density at radius 1 is 1.24 bits per heavy atom. The second-order valence-corrected chi connectivity index (χ2v) is 7.59. The van der Waals surface area contributed by atoms with Crippen LogP contribution in [0.2, 0.25) is 0 Å². The largest absolute Gasteiger partial charge is 0.347 e. The third-order valence-electron chi connectivity index (χ3n) is 5.12. The van der Waals surface area contributed by atoms with Crippen LogP contribution in [0.1, 0.15) is 32.2 Å². The summed E-state index contributed by atoms with van der Waals surface area (Å²) < 4.78 is 14.0. The molecular weight excluding hydrogens is 340 g/mol. The zero-order valence-electron chi connectivity index (χ0n) is 14.3. The smallest absolute Gasteiger partial charge is 0.269 e. The molecule has 2 aromatic rings. The summed E-state index contributed by atoms with van der Waals surface area (Å²) in [6.07, 6.45) is 1.98. The van der Waals surface area contributed by atoms with Crippen LogP contribution in [0.25, 0.3) is 10.1 Å². The third-order valence-corrected chi connectivity index (χ3v) is 6.29. The maximum atomic E-state index is 13.1. The van der Waals surface area contributed by atoms with E-state index in [1.165, 1.54) is 11.5 Å². The number of amides is 1. The molecule has 4 rings (SSSR count). The highest BCUT2D eigenvalue weighted by atomic mass is 32.1. The van der Waals surface area contributed by atoms with Crippen LogP contribution in [-0.4, -0.2) is 46.9 Å². The second kappa shape index (κ2) is 6.55. The van der Waals surface area contributed by atoms with Crippen molar-refractivity contribution in [3.8, 4) is 0 Å². The summed E-state index contributed by atoms with van der Waals surface area (Å²) in [5.74, 6) is -0.476. The van der Waals surface area contributed by atoms with Gasteiger partial charge in [0, 0.05) is 25.9 Å². The average molecular weight is 362 g/mol. The van der Waals surface area contributed by atoms with E-state index >= 15 is 0 Å². The molecule has 1 amide bonds. The van der Waals surface area contributed by atoms with Gasteiger partial charge in [0.15, 0.2) is 5.79 Å². The molecule has 25 heavy (non-hydrogen) atoms. The van der Waals surface area contributed by atoms with Gasteiger partial charge in [-0.25, -0.2) is 0 Å². The number of nitrogens with zero attached hydrogens (tertiary/aromatic N) is 2. The molecule has 1 spiro atoms. The first-order valence-corrected chi connectivity index (χ1v) is 9.58. The molecule has 134 valence electrons. The maximum Gasteiger partial charge on any atom is 0.269 e. The second-order valence-electron chi connectivity index (χ2n) is 6.58. The fourth-order valence-electron chi connectivity index (χ4n) is 3.70. The quantitative estimate of drug-likeness (QED) is 0.841. The molecule has 2 aliphatic heterocycles. The van der Waals surface area contributed by atoms with Gasteiger partial charge >= 0.3 is 0 Å². The SMILES string of the molecule is CCC(C(=O)N1CCC2(CC1)OCCO2)n1sc2ccccc2c1=O. The van der Waals surface area contributed by atoms with E-state index < -0.39 is 11.8 Å². The number of piperidine rings is 1. The maximum absolute atomic E-state index is 13.1. The lowest BCUT2D eigenvalue weighted by atomic mass is 10.0. The number of fused-ring (bicyclic) bond motifs is 1. The number of hydrogen-bond acceptors (Lipinski definition) is 5. The summed E-state index contributed by atoms with van der Waals surface area (Å²) in [6, 6.07) is 7.08. The van der Waals surface area contributed by atoms with E-state index in [9.17, 15) is 9.59 Å². The highest BCUT2D eigenvalue weighted by Crippen LogP contribution is 2.32. The standard InChI is InChI=1S/C18H22N2O4S/c1-2-14(20-16(21)13-5-3-4-6-15(13)25-20)17(22)19-9-7-18(8-10-19)23-11-12-24-18/h3-6,14H,2,7-12H2,1H3. The van der Waals surface area contributed by atoms with E-state index in [2.05, 4.69) is 0 Å². The molecule has 2 saturated heterocycles. The fraction of sp³-hybridized carbons (Fsp3) is 0.556. The van der Waals surface area contributed by atoms with Gasteiger partial charge in [-0.3, -0.25) is 13.5 Å². The molecule has 1 aromatic carbocycles. The first-order valence-electron chi connectivity index (χ1n) is 8.81. The number of ether oxygens (including phenoxy) is 2. The zero-order chi connectivity index (χ0) is 17.4. The molecule has 3 heterocycles. The number of rotatable bonds is 3. The van der Waals surface area contributed by atoms with E-state index in [1.54, 1.807) is 3.96 Å². The molecule has 2 aliphatic rings. The molecule has 1 atom stereocenters. The van der Waals surface area contributed by atoms with Crippen LogP contribution in [0.4, 0.5) is 0 Å². The van der Waals surface area contributed by atoms with Crippen molar-refractivity contribution in [1.29, 1.82) is 0 Å². The number of carbonyl (C=O) groups is 1. The molecule has 0 bridgehead atoms. The van der Waals surface area contributed by atoms with Crippen LogP contribution < -0.4 is 5.56 Å². The molecule has 0 saturated carbocycles. The van der Waals surface area contributed by atoms with Crippen molar-refractivity contribution < 1.29 is 14.3 Å². The highest BCUT2D eigenvalue weighted by molar-refractivity contribution is 7.14. The van der Waals surface area contributed by atoms with Crippen LogP contribution in [0, 0.1) is 0 Å². The third kappa shape index (κ3) is 2.90.